The third-order valence-electron chi connectivity index (χ3n) is 6.34. The maximum Gasteiger partial charge on any atom is 0.341 e. The fourth-order valence-corrected chi connectivity index (χ4v) is 6.44. The quantitative estimate of drug-likeness (QED) is 0.560. The second kappa shape index (κ2) is 7.59. The predicted octanol–water partition coefficient (Wildman–Crippen LogP) is 3.90. The summed E-state index contributed by atoms with van der Waals surface area (Å²) in [5.41, 5.74) is 1.45. The van der Waals surface area contributed by atoms with Crippen molar-refractivity contribution in [3.05, 3.63) is 28.2 Å². The fraction of sp³-hybridized carbons (Fsp3) is 0.591. The van der Waals surface area contributed by atoms with E-state index >= 15 is 0 Å². The van der Waals surface area contributed by atoms with Crippen LogP contribution in [-0.4, -0.2) is 29.1 Å². The molecule has 7 heteroatoms. The summed E-state index contributed by atoms with van der Waals surface area (Å²) in [4.78, 5) is 38.8. The van der Waals surface area contributed by atoms with Crippen molar-refractivity contribution < 1.29 is 24.2 Å². The molecule has 1 fully saturated rings. The van der Waals surface area contributed by atoms with Gasteiger partial charge in [-0.1, -0.05) is 19.1 Å². The summed E-state index contributed by atoms with van der Waals surface area (Å²) in [6.07, 6.45) is 7.00. The van der Waals surface area contributed by atoms with E-state index < -0.39 is 23.8 Å². The second-order valence-electron chi connectivity index (χ2n) is 8.84. The Kier molecular flexibility index (Phi) is 5.27. The summed E-state index contributed by atoms with van der Waals surface area (Å²) in [5, 5.41) is 13.1. The van der Waals surface area contributed by atoms with Crippen LogP contribution in [0.25, 0.3) is 0 Å². The van der Waals surface area contributed by atoms with Crippen molar-refractivity contribution in [3.63, 3.8) is 0 Å². The summed E-state index contributed by atoms with van der Waals surface area (Å²) >= 11 is 1.44. The molecular formula is C22H27NO5S. The third kappa shape index (κ3) is 3.61. The largest absolute Gasteiger partial charge is 0.481 e. The zero-order chi connectivity index (χ0) is 20.9. The zero-order valence-corrected chi connectivity index (χ0v) is 17.8. The van der Waals surface area contributed by atoms with Gasteiger partial charge in [0.15, 0.2) is 0 Å². The van der Waals surface area contributed by atoms with E-state index in [1.54, 1.807) is 13.8 Å². The molecule has 0 unspecified atom stereocenters. The summed E-state index contributed by atoms with van der Waals surface area (Å²) in [7, 11) is 0. The van der Waals surface area contributed by atoms with E-state index in [9.17, 15) is 19.5 Å². The molecule has 0 spiro atoms. The molecule has 1 heterocycles. The van der Waals surface area contributed by atoms with Gasteiger partial charge in [0.2, 0.25) is 5.91 Å². The van der Waals surface area contributed by atoms with E-state index in [0.717, 1.165) is 29.7 Å². The molecular weight excluding hydrogens is 390 g/mol. The van der Waals surface area contributed by atoms with Crippen LogP contribution in [0.15, 0.2) is 12.2 Å². The van der Waals surface area contributed by atoms with Gasteiger partial charge in [-0.3, -0.25) is 9.59 Å². The maximum atomic E-state index is 13.1. The molecule has 1 aromatic rings. The number of fused-ring (bicyclic) bond motifs is 3. The maximum absolute atomic E-state index is 13.1. The molecule has 0 aliphatic heterocycles. The molecule has 3 aliphatic rings. The smallest absolute Gasteiger partial charge is 0.341 e. The Balaban J connectivity index is 1.64. The minimum absolute atomic E-state index is 0.0539. The molecule has 5 atom stereocenters. The number of hydrogen-bond acceptors (Lipinski definition) is 5. The monoisotopic (exact) mass is 417 g/mol. The van der Waals surface area contributed by atoms with Gasteiger partial charge >= 0.3 is 11.9 Å². The van der Waals surface area contributed by atoms with Gasteiger partial charge in [0.1, 0.15) is 5.00 Å². The Morgan fingerprint density at radius 2 is 1.90 bits per heavy atom. The van der Waals surface area contributed by atoms with E-state index in [2.05, 4.69) is 12.2 Å². The lowest BCUT2D eigenvalue weighted by Gasteiger charge is -2.23. The number of anilines is 1. The van der Waals surface area contributed by atoms with Crippen molar-refractivity contribution in [2.75, 3.05) is 5.32 Å². The number of ether oxygens (including phenoxy) is 1. The van der Waals surface area contributed by atoms with Crippen LogP contribution < -0.4 is 5.32 Å². The zero-order valence-electron chi connectivity index (χ0n) is 16.9. The molecule has 1 aromatic heterocycles. The highest BCUT2D eigenvalue weighted by molar-refractivity contribution is 7.17. The van der Waals surface area contributed by atoms with Gasteiger partial charge in [0.25, 0.3) is 0 Å². The number of nitrogens with one attached hydrogen (secondary N) is 1. The number of carbonyl (C=O) groups is 3. The number of rotatable bonds is 5. The Morgan fingerprint density at radius 3 is 2.55 bits per heavy atom. The molecule has 3 aliphatic carbocycles. The van der Waals surface area contributed by atoms with Crippen LogP contribution >= 0.6 is 11.3 Å². The summed E-state index contributed by atoms with van der Waals surface area (Å²) in [6.45, 7) is 5.79. The van der Waals surface area contributed by atoms with Crippen LogP contribution in [0.5, 0.6) is 0 Å². The van der Waals surface area contributed by atoms with Gasteiger partial charge in [0, 0.05) is 4.88 Å². The Labute approximate surface area is 174 Å². The topological polar surface area (TPSA) is 92.7 Å². The average Bonchev–Trinajstić information content (AvgIpc) is 3.32. The summed E-state index contributed by atoms with van der Waals surface area (Å²) < 4.78 is 5.46. The molecule has 0 saturated heterocycles. The summed E-state index contributed by atoms with van der Waals surface area (Å²) in [6, 6.07) is 0. The van der Waals surface area contributed by atoms with Crippen LogP contribution in [0.3, 0.4) is 0 Å². The molecule has 4 rings (SSSR count). The first-order chi connectivity index (χ1) is 13.8. The van der Waals surface area contributed by atoms with Crippen molar-refractivity contribution in [2.45, 2.75) is 52.6 Å². The van der Waals surface area contributed by atoms with Gasteiger partial charge in [-0.15, -0.1) is 11.3 Å². The van der Waals surface area contributed by atoms with Crippen LogP contribution in [0.2, 0.25) is 0 Å². The van der Waals surface area contributed by atoms with Gasteiger partial charge in [0.05, 0.1) is 23.5 Å². The number of aliphatic carboxylic acids is 1. The lowest BCUT2D eigenvalue weighted by Crippen LogP contribution is -2.36. The molecule has 1 saturated carbocycles. The second-order valence-corrected chi connectivity index (χ2v) is 9.94. The van der Waals surface area contributed by atoms with Crippen LogP contribution in [0.4, 0.5) is 5.00 Å². The van der Waals surface area contributed by atoms with E-state index in [4.69, 9.17) is 4.74 Å². The Bertz CT molecular complexity index is 886. The minimum Gasteiger partial charge on any atom is -0.481 e. The molecule has 2 bridgehead atoms. The molecule has 1 amide bonds. The number of carbonyl (C=O) groups excluding carboxylic acids is 2. The third-order valence-corrected chi connectivity index (χ3v) is 7.51. The van der Waals surface area contributed by atoms with Gasteiger partial charge in [-0.05, 0) is 62.8 Å². The molecule has 156 valence electrons. The average molecular weight is 418 g/mol. The van der Waals surface area contributed by atoms with E-state index in [1.165, 1.54) is 11.3 Å². The standard InChI is InChI=1S/C22H27NO5S/c1-10(2)28-22(27)18-14-7-4-11(3)8-15(14)29-20(18)23-19(24)16-12-5-6-13(9-12)17(16)21(25)26/h5-6,10-13,16-17H,4,7-9H2,1-3H3,(H,23,24)(H,25,26)/t11-,12-,13-,16+,17-/m0/s1. The van der Waals surface area contributed by atoms with E-state index in [1.807, 2.05) is 12.2 Å². The minimum atomic E-state index is -0.930. The van der Waals surface area contributed by atoms with E-state index in [-0.39, 0.29) is 23.8 Å². The predicted molar refractivity (Wildman–Crippen MR) is 110 cm³/mol. The van der Waals surface area contributed by atoms with Gasteiger partial charge < -0.3 is 15.2 Å². The first kappa shape index (κ1) is 20.1. The first-order valence-corrected chi connectivity index (χ1v) is 11.2. The van der Waals surface area contributed by atoms with Gasteiger partial charge in [-0.25, -0.2) is 4.79 Å². The highest BCUT2D eigenvalue weighted by Gasteiger charge is 2.51. The van der Waals surface area contributed by atoms with Crippen molar-refractivity contribution in [2.24, 2.45) is 29.6 Å². The SMILES string of the molecule is CC(C)OC(=O)c1c(NC(=O)[C@H]2[C@@H](C(=O)O)[C@H]3C=C[C@H]2C3)sc2c1CC[C@H](C)C2. The Morgan fingerprint density at radius 1 is 1.21 bits per heavy atom. The van der Waals surface area contributed by atoms with Crippen molar-refractivity contribution in [1.82, 2.24) is 0 Å². The van der Waals surface area contributed by atoms with Gasteiger partial charge in [-0.2, -0.15) is 0 Å². The number of thiophene rings is 1. The molecule has 0 radical (unpaired) electrons. The molecule has 0 aromatic carbocycles. The number of amides is 1. The van der Waals surface area contributed by atoms with Crippen LogP contribution in [0, 0.1) is 29.6 Å². The first-order valence-electron chi connectivity index (χ1n) is 10.3. The van der Waals surface area contributed by atoms with Crippen LogP contribution in [-0.2, 0) is 27.2 Å². The number of allylic oxidation sites excluding steroid dienone is 2. The number of carboxylic acids is 1. The highest BCUT2D eigenvalue weighted by atomic mass is 32.1. The molecule has 2 N–H and O–H groups in total. The lowest BCUT2D eigenvalue weighted by atomic mass is 9.82. The highest BCUT2D eigenvalue weighted by Crippen LogP contribution is 2.49. The van der Waals surface area contributed by atoms with Crippen molar-refractivity contribution >= 4 is 34.2 Å². The fourth-order valence-electron chi connectivity index (χ4n) is 5.04. The molecule has 29 heavy (non-hydrogen) atoms. The van der Waals surface area contributed by atoms with Crippen molar-refractivity contribution in [1.29, 1.82) is 0 Å². The Hall–Kier alpha value is -2.15. The number of carboxylic acid groups (broad SMARTS) is 1. The summed E-state index contributed by atoms with van der Waals surface area (Å²) in [5.74, 6) is -2.56. The number of esters is 1. The normalized spacial score (nSPS) is 29.7. The van der Waals surface area contributed by atoms with Crippen LogP contribution in [0.1, 0.15) is 54.4 Å². The van der Waals surface area contributed by atoms with Crippen molar-refractivity contribution in [3.8, 4) is 0 Å². The van der Waals surface area contributed by atoms with E-state index in [0.29, 0.717) is 22.9 Å². The molecule has 6 nitrogen and oxygen atoms in total. The lowest BCUT2D eigenvalue weighted by molar-refractivity contribution is -0.146. The number of hydrogen-bond donors (Lipinski definition) is 2.